The number of carboxylic acids is 1. The molecule has 0 radical (unpaired) electrons. The van der Waals surface area contributed by atoms with E-state index in [1.807, 2.05) is 0 Å². The van der Waals surface area contributed by atoms with Gasteiger partial charge in [-0.1, -0.05) is 22.5 Å². The van der Waals surface area contributed by atoms with Gasteiger partial charge in [0.25, 0.3) is 0 Å². The Bertz CT molecular complexity index is 318. The summed E-state index contributed by atoms with van der Waals surface area (Å²) < 4.78 is 0.532. The Hall–Kier alpha value is -1.57. The molecule has 0 aliphatic heterocycles. The van der Waals surface area contributed by atoms with Crippen LogP contribution in [0.25, 0.3) is 0 Å². The number of halogens is 1. The Kier molecular flexibility index (Phi) is 6.16. The van der Waals surface area contributed by atoms with Crippen molar-refractivity contribution in [2.24, 2.45) is 5.73 Å². The van der Waals surface area contributed by atoms with Crippen LogP contribution in [0, 0.1) is 0 Å². The van der Waals surface area contributed by atoms with Crippen molar-refractivity contribution < 1.29 is 19.5 Å². The number of aliphatic carboxylic acids is 1. The molecular formula is C8H12BrN3O4. The number of hydrogen-bond acceptors (Lipinski definition) is 3. The van der Waals surface area contributed by atoms with E-state index in [9.17, 15) is 14.4 Å². The summed E-state index contributed by atoms with van der Waals surface area (Å²) in [4.78, 5) is 32.3. The zero-order valence-corrected chi connectivity index (χ0v) is 9.91. The van der Waals surface area contributed by atoms with Gasteiger partial charge in [-0.3, -0.25) is 4.79 Å². The number of carbonyl (C=O) groups is 3. The third-order valence-electron chi connectivity index (χ3n) is 1.45. The van der Waals surface area contributed by atoms with Gasteiger partial charge in [-0.2, -0.15) is 0 Å². The van der Waals surface area contributed by atoms with Gasteiger partial charge in [0.15, 0.2) is 0 Å². The molecule has 0 aliphatic carbocycles. The molecule has 7 nitrogen and oxygen atoms in total. The first kappa shape index (κ1) is 14.4. The number of carboxylic acid groups (broad SMARTS) is 1. The molecule has 0 bridgehead atoms. The van der Waals surface area contributed by atoms with Crippen LogP contribution in [0.5, 0.6) is 0 Å². The Morgan fingerprint density at radius 1 is 1.44 bits per heavy atom. The molecule has 0 spiro atoms. The molecule has 0 rings (SSSR count). The number of urea groups is 1. The highest BCUT2D eigenvalue weighted by Crippen LogP contribution is 1.97. The van der Waals surface area contributed by atoms with Crippen LogP contribution in [-0.2, 0) is 9.59 Å². The van der Waals surface area contributed by atoms with E-state index in [1.54, 1.807) is 0 Å². The van der Waals surface area contributed by atoms with Gasteiger partial charge in [-0.25, -0.2) is 9.59 Å². The SMILES string of the molecule is C=C(Br)CNC(=O)N[C@@H](CC(N)=O)C(=O)O. The molecule has 1 atom stereocenters. The highest BCUT2D eigenvalue weighted by atomic mass is 79.9. The van der Waals surface area contributed by atoms with Crippen molar-refractivity contribution in [2.75, 3.05) is 6.54 Å². The summed E-state index contributed by atoms with van der Waals surface area (Å²) in [6.45, 7) is 3.62. The molecule has 0 aromatic rings. The van der Waals surface area contributed by atoms with E-state index in [0.717, 1.165) is 0 Å². The van der Waals surface area contributed by atoms with Gasteiger partial charge in [0.1, 0.15) is 6.04 Å². The van der Waals surface area contributed by atoms with Crippen molar-refractivity contribution in [1.82, 2.24) is 10.6 Å². The van der Waals surface area contributed by atoms with Crippen LogP contribution < -0.4 is 16.4 Å². The first-order chi connectivity index (χ1) is 7.32. The molecule has 0 fully saturated rings. The predicted molar refractivity (Wildman–Crippen MR) is 59.8 cm³/mol. The molecule has 0 aromatic carbocycles. The lowest BCUT2D eigenvalue weighted by atomic mass is 10.2. The van der Waals surface area contributed by atoms with Crippen LogP contribution in [0.2, 0.25) is 0 Å². The standard InChI is InChI=1S/C8H12BrN3O4/c1-4(9)3-11-8(16)12-5(7(14)15)2-6(10)13/h5H,1-3H2,(H2,10,13)(H,14,15)(H2,11,12,16)/t5-/m0/s1. The maximum atomic E-state index is 11.1. The van der Waals surface area contributed by atoms with Gasteiger partial charge in [0.05, 0.1) is 13.0 Å². The number of carbonyl (C=O) groups excluding carboxylic acids is 2. The average molecular weight is 294 g/mol. The van der Waals surface area contributed by atoms with E-state index in [4.69, 9.17) is 10.8 Å². The summed E-state index contributed by atoms with van der Waals surface area (Å²) in [7, 11) is 0. The number of rotatable bonds is 6. The molecular weight excluding hydrogens is 282 g/mol. The number of hydrogen-bond donors (Lipinski definition) is 4. The number of amides is 3. The molecule has 8 heteroatoms. The Labute approximate surface area is 100 Å². The van der Waals surface area contributed by atoms with Crippen molar-refractivity contribution in [2.45, 2.75) is 12.5 Å². The van der Waals surface area contributed by atoms with E-state index < -0.39 is 30.4 Å². The molecule has 0 aliphatic rings. The smallest absolute Gasteiger partial charge is 0.326 e. The van der Waals surface area contributed by atoms with E-state index in [-0.39, 0.29) is 6.54 Å². The zero-order chi connectivity index (χ0) is 12.7. The van der Waals surface area contributed by atoms with Crippen molar-refractivity contribution in [3.8, 4) is 0 Å². The fourth-order valence-electron chi connectivity index (χ4n) is 0.787. The molecule has 0 heterocycles. The van der Waals surface area contributed by atoms with E-state index in [2.05, 4.69) is 33.1 Å². The third kappa shape index (κ3) is 6.82. The van der Waals surface area contributed by atoms with Crippen LogP contribution in [0.15, 0.2) is 11.1 Å². The second-order valence-corrected chi connectivity index (χ2v) is 4.03. The van der Waals surface area contributed by atoms with Gasteiger partial charge in [0.2, 0.25) is 5.91 Å². The molecule has 0 aromatic heterocycles. The van der Waals surface area contributed by atoms with Gasteiger partial charge >= 0.3 is 12.0 Å². The average Bonchev–Trinajstić information content (AvgIpc) is 2.12. The highest BCUT2D eigenvalue weighted by molar-refractivity contribution is 9.11. The lowest BCUT2D eigenvalue weighted by molar-refractivity contribution is -0.140. The van der Waals surface area contributed by atoms with Crippen LogP contribution in [0.3, 0.4) is 0 Å². The molecule has 16 heavy (non-hydrogen) atoms. The minimum Gasteiger partial charge on any atom is -0.480 e. The van der Waals surface area contributed by atoms with E-state index in [1.165, 1.54) is 0 Å². The van der Waals surface area contributed by atoms with Gasteiger partial charge in [0, 0.05) is 4.48 Å². The van der Waals surface area contributed by atoms with Crippen molar-refractivity contribution in [3.05, 3.63) is 11.1 Å². The summed E-state index contributed by atoms with van der Waals surface area (Å²) in [6.07, 6.45) is -0.460. The highest BCUT2D eigenvalue weighted by Gasteiger charge is 2.21. The molecule has 0 saturated heterocycles. The predicted octanol–water partition coefficient (Wildman–Crippen LogP) is -0.477. The maximum absolute atomic E-state index is 11.1. The van der Waals surface area contributed by atoms with E-state index >= 15 is 0 Å². The lowest BCUT2D eigenvalue weighted by Gasteiger charge is -2.13. The monoisotopic (exact) mass is 293 g/mol. The van der Waals surface area contributed by atoms with Crippen LogP contribution in [0.1, 0.15) is 6.42 Å². The van der Waals surface area contributed by atoms with Gasteiger partial charge in [-0.15, -0.1) is 0 Å². The molecule has 0 unspecified atom stereocenters. The summed E-state index contributed by atoms with van der Waals surface area (Å²) in [5, 5.41) is 13.1. The van der Waals surface area contributed by atoms with Gasteiger partial charge in [-0.05, 0) is 0 Å². The summed E-state index contributed by atoms with van der Waals surface area (Å²) in [5.41, 5.74) is 4.83. The largest absolute Gasteiger partial charge is 0.480 e. The third-order valence-corrected chi connectivity index (χ3v) is 1.73. The number of nitrogens with one attached hydrogen (secondary N) is 2. The van der Waals surface area contributed by atoms with Crippen molar-refractivity contribution in [3.63, 3.8) is 0 Å². The van der Waals surface area contributed by atoms with Gasteiger partial charge < -0.3 is 21.5 Å². The van der Waals surface area contributed by atoms with Crippen LogP contribution in [-0.4, -0.2) is 35.6 Å². The van der Waals surface area contributed by atoms with Crippen LogP contribution in [0.4, 0.5) is 4.79 Å². The lowest BCUT2D eigenvalue weighted by Crippen LogP contribution is -2.47. The Morgan fingerprint density at radius 2 is 2.00 bits per heavy atom. The zero-order valence-electron chi connectivity index (χ0n) is 8.33. The maximum Gasteiger partial charge on any atom is 0.326 e. The topological polar surface area (TPSA) is 122 Å². The quantitative estimate of drug-likeness (QED) is 0.528. The molecule has 0 saturated carbocycles. The first-order valence-electron chi connectivity index (χ1n) is 4.21. The molecule has 3 amide bonds. The number of nitrogens with two attached hydrogens (primary N) is 1. The summed E-state index contributed by atoms with van der Waals surface area (Å²) in [5.74, 6) is -2.13. The minimum atomic E-state index is -1.33. The van der Waals surface area contributed by atoms with Crippen molar-refractivity contribution in [1.29, 1.82) is 0 Å². The van der Waals surface area contributed by atoms with Crippen molar-refractivity contribution >= 4 is 33.8 Å². The number of primary amides is 1. The first-order valence-corrected chi connectivity index (χ1v) is 5.01. The second kappa shape index (κ2) is 6.83. The summed E-state index contributed by atoms with van der Waals surface area (Å²) in [6, 6.07) is -2.05. The summed E-state index contributed by atoms with van der Waals surface area (Å²) >= 11 is 3.01. The van der Waals surface area contributed by atoms with E-state index in [0.29, 0.717) is 4.48 Å². The Morgan fingerprint density at radius 3 is 2.38 bits per heavy atom. The second-order valence-electron chi connectivity index (χ2n) is 2.91. The molecule has 90 valence electrons. The fourth-order valence-corrected chi connectivity index (χ4v) is 0.927. The normalized spacial score (nSPS) is 11.3. The Balaban J connectivity index is 4.18. The fraction of sp³-hybridized carbons (Fsp3) is 0.375. The van der Waals surface area contributed by atoms with Crippen LogP contribution >= 0.6 is 15.9 Å². The minimum absolute atomic E-state index is 0.148. The molecule has 5 N–H and O–H groups in total.